The third-order valence-electron chi connectivity index (χ3n) is 16.7. The number of piperazine rings is 1. The number of amides is 5. The Balaban J connectivity index is 0.646. The van der Waals surface area contributed by atoms with Crippen molar-refractivity contribution in [2.45, 2.75) is 136 Å². The van der Waals surface area contributed by atoms with E-state index in [0.717, 1.165) is 112 Å². The number of carbonyl (C=O) groups excluding carboxylic acids is 5. The number of carbonyl (C=O) groups is 5. The number of piperidine rings is 1. The van der Waals surface area contributed by atoms with Crippen LogP contribution in [0.3, 0.4) is 0 Å². The predicted octanol–water partition coefficient (Wildman–Crippen LogP) is 7.56. The minimum atomic E-state index is -0.877. The molecule has 0 saturated carbocycles. The molecule has 3 fully saturated rings. The maximum absolute atomic E-state index is 14.2. The highest BCUT2D eigenvalue weighted by atomic mass is 32.1. The molecule has 87 heavy (non-hydrogen) atoms. The number of methoxy groups -OCH3 is 1. The Kier molecular flexibility index (Phi) is 21.2. The van der Waals surface area contributed by atoms with Gasteiger partial charge in [-0.1, -0.05) is 76.8 Å². The lowest BCUT2D eigenvalue weighted by molar-refractivity contribution is -0.144. The topological polar surface area (TPSA) is 270 Å². The fraction of sp³-hybridized carbons (Fsp3) is 0.508. The van der Waals surface area contributed by atoms with Crippen LogP contribution in [-0.2, 0) is 26.2 Å². The van der Waals surface area contributed by atoms with E-state index in [4.69, 9.17) is 9.72 Å². The van der Waals surface area contributed by atoms with Crippen LogP contribution in [-0.4, -0.2) is 168 Å². The third-order valence-corrected chi connectivity index (χ3v) is 17.7. The van der Waals surface area contributed by atoms with Crippen molar-refractivity contribution in [2.24, 2.45) is 12.5 Å². The SMILES string of the molecule is CNC(=O)c1nnc(Nc2ccc(N3CCN(C4CCN(C(=O)CCCCCCCCC(=O)N[C@H](C(=O)N5C[C@H](O)C[C@H]5C(=O)N[C@@H](C)c5ccc(-c6scnc6C)cc5)C(C)(C)C)CC4)CC3)cn2)cc1Nc1cccc(-c2ncn(C)n2)c1OC. The highest BCUT2D eigenvalue weighted by Crippen LogP contribution is 2.38. The van der Waals surface area contributed by atoms with Gasteiger partial charge in [0.2, 0.25) is 23.6 Å². The Hall–Kier alpha value is -8.09. The quantitative estimate of drug-likeness (QED) is 0.0319. The van der Waals surface area contributed by atoms with Crippen molar-refractivity contribution >= 4 is 69.6 Å². The Morgan fingerprint density at radius 2 is 1.54 bits per heavy atom. The number of thiazole rings is 1. The van der Waals surface area contributed by atoms with Crippen LogP contribution in [0.2, 0.25) is 0 Å². The number of aromatic nitrogens is 7. The van der Waals surface area contributed by atoms with E-state index in [1.54, 1.807) is 42.6 Å². The van der Waals surface area contributed by atoms with Crippen LogP contribution in [0.25, 0.3) is 21.8 Å². The van der Waals surface area contributed by atoms with Gasteiger partial charge in [0, 0.05) is 91.3 Å². The summed E-state index contributed by atoms with van der Waals surface area (Å²) >= 11 is 1.58. The second kappa shape index (κ2) is 29.1. The number of β-amino-alcohol motifs (C(OH)–C–C–N with tert-alkyl or cyclic N) is 1. The van der Waals surface area contributed by atoms with Crippen molar-refractivity contribution in [3.63, 3.8) is 0 Å². The maximum atomic E-state index is 14.2. The van der Waals surface area contributed by atoms with Gasteiger partial charge in [-0.25, -0.2) is 15.0 Å². The number of rotatable bonds is 24. The molecule has 24 heteroatoms. The second-order valence-electron chi connectivity index (χ2n) is 24.0. The van der Waals surface area contributed by atoms with E-state index in [9.17, 15) is 29.1 Å². The summed E-state index contributed by atoms with van der Waals surface area (Å²) in [6.07, 6.45) is 10.7. The number of aliphatic hydroxyl groups excluding tert-OH is 1. The lowest BCUT2D eigenvalue weighted by atomic mass is 9.85. The predicted molar refractivity (Wildman–Crippen MR) is 336 cm³/mol. The largest absolute Gasteiger partial charge is 0.494 e. The van der Waals surface area contributed by atoms with Crippen LogP contribution in [0.5, 0.6) is 5.75 Å². The van der Waals surface area contributed by atoms with Gasteiger partial charge in [0.05, 0.1) is 64.2 Å². The number of ether oxygens (including phenoxy) is 1. The maximum Gasteiger partial charge on any atom is 0.273 e. The van der Waals surface area contributed by atoms with E-state index in [1.165, 1.54) is 11.9 Å². The van der Waals surface area contributed by atoms with E-state index >= 15 is 0 Å². The monoisotopic (exact) mass is 1210 g/mol. The minimum Gasteiger partial charge on any atom is -0.494 e. The first-order chi connectivity index (χ1) is 41.9. The van der Waals surface area contributed by atoms with Gasteiger partial charge in [0.15, 0.2) is 23.1 Å². The van der Waals surface area contributed by atoms with Crippen molar-refractivity contribution in [3.8, 4) is 27.6 Å². The minimum absolute atomic E-state index is 0.0154. The molecule has 2 aromatic carbocycles. The van der Waals surface area contributed by atoms with Gasteiger partial charge in [-0.3, -0.25) is 33.6 Å². The molecular formula is C63H84N16O7S. The summed E-state index contributed by atoms with van der Waals surface area (Å²) in [6, 6.07) is 17.5. The molecule has 3 aliphatic heterocycles. The Morgan fingerprint density at radius 3 is 2.18 bits per heavy atom. The zero-order chi connectivity index (χ0) is 61.8. The number of likely N-dealkylation sites (tertiary alicyclic amines) is 2. The second-order valence-corrected chi connectivity index (χ2v) is 24.8. The highest BCUT2D eigenvalue weighted by Gasteiger charge is 2.45. The van der Waals surface area contributed by atoms with Gasteiger partial charge < -0.3 is 51.1 Å². The van der Waals surface area contributed by atoms with Gasteiger partial charge in [-0.2, -0.15) is 5.10 Å². The summed E-state index contributed by atoms with van der Waals surface area (Å²) in [5.74, 6) is 0.829. The smallest absolute Gasteiger partial charge is 0.273 e. The summed E-state index contributed by atoms with van der Waals surface area (Å²) in [5, 5.41) is 38.9. The van der Waals surface area contributed by atoms with Crippen LogP contribution < -0.4 is 36.2 Å². The average Bonchev–Trinajstić information content (AvgIpc) is 3.50. The molecule has 6 N–H and O–H groups in total. The summed E-state index contributed by atoms with van der Waals surface area (Å²) < 4.78 is 7.40. The number of aliphatic hydroxyl groups is 1. The first-order valence-electron chi connectivity index (χ1n) is 30.4. The number of benzene rings is 2. The molecular weight excluding hydrogens is 1120 g/mol. The average molecular weight is 1210 g/mol. The molecule has 23 nitrogen and oxygen atoms in total. The molecule has 0 bridgehead atoms. The summed E-state index contributed by atoms with van der Waals surface area (Å²) in [4.78, 5) is 90.3. The van der Waals surface area contributed by atoms with E-state index in [1.807, 2.05) is 106 Å². The van der Waals surface area contributed by atoms with Crippen molar-refractivity contribution in [3.05, 3.63) is 95.6 Å². The van der Waals surface area contributed by atoms with Crippen molar-refractivity contribution in [2.75, 3.05) is 75.5 Å². The lowest BCUT2D eigenvalue weighted by Crippen LogP contribution is -2.57. The first kappa shape index (κ1) is 63.4. The summed E-state index contributed by atoms with van der Waals surface area (Å²) in [5.41, 5.74) is 6.90. The molecule has 7 heterocycles. The lowest BCUT2D eigenvalue weighted by Gasteiger charge is -2.43. The number of hydrogen-bond donors (Lipinski definition) is 6. The van der Waals surface area contributed by atoms with E-state index in [-0.39, 0.29) is 54.8 Å². The molecule has 0 aliphatic carbocycles. The summed E-state index contributed by atoms with van der Waals surface area (Å²) in [6.45, 7) is 14.7. The number of anilines is 5. The molecule has 3 aliphatic rings. The molecule has 4 atom stereocenters. The summed E-state index contributed by atoms with van der Waals surface area (Å²) in [7, 11) is 4.89. The molecule has 0 spiro atoms. The molecule has 3 saturated heterocycles. The fourth-order valence-electron chi connectivity index (χ4n) is 11.8. The third kappa shape index (κ3) is 16.1. The number of unbranched alkanes of at least 4 members (excludes halogenated alkanes) is 5. The Bertz CT molecular complexity index is 3320. The van der Waals surface area contributed by atoms with Gasteiger partial charge in [0.25, 0.3) is 5.91 Å². The van der Waals surface area contributed by atoms with Gasteiger partial charge in [-0.15, -0.1) is 21.5 Å². The number of para-hydroxylation sites is 1. The number of aryl methyl sites for hydroxylation is 2. The van der Waals surface area contributed by atoms with Crippen molar-refractivity contribution < 1.29 is 33.8 Å². The molecule has 0 radical (unpaired) electrons. The van der Waals surface area contributed by atoms with Crippen LogP contribution >= 0.6 is 11.3 Å². The van der Waals surface area contributed by atoms with Gasteiger partial charge in [-0.05, 0) is 80.3 Å². The first-order valence-corrected chi connectivity index (χ1v) is 31.2. The van der Waals surface area contributed by atoms with Crippen LogP contribution in [0.1, 0.15) is 126 Å². The molecule has 4 aromatic heterocycles. The van der Waals surface area contributed by atoms with E-state index in [2.05, 4.69) is 61.6 Å². The van der Waals surface area contributed by atoms with Gasteiger partial charge in [0.1, 0.15) is 24.2 Å². The van der Waals surface area contributed by atoms with E-state index < -0.39 is 29.5 Å². The van der Waals surface area contributed by atoms with Crippen LogP contribution in [0.15, 0.2) is 78.7 Å². The number of nitrogens with zero attached hydrogens (tertiary/aromatic N) is 11. The highest BCUT2D eigenvalue weighted by molar-refractivity contribution is 7.13. The van der Waals surface area contributed by atoms with Crippen molar-refractivity contribution in [1.29, 1.82) is 0 Å². The van der Waals surface area contributed by atoms with Gasteiger partial charge >= 0.3 is 0 Å². The zero-order valence-corrected chi connectivity index (χ0v) is 52.2. The number of pyridine rings is 1. The normalized spacial score (nSPS) is 17.4. The Labute approximate surface area is 513 Å². The Morgan fingerprint density at radius 1 is 0.816 bits per heavy atom. The molecule has 5 amide bonds. The van der Waals surface area contributed by atoms with Crippen molar-refractivity contribution in [1.82, 2.24) is 65.6 Å². The molecule has 0 unspecified atom stereocenters. The number of hydrogen-bond acceptors (Lipinski definition) is 18. The zero-order valence-electron chi connectivity index (χ0n) is 51.3. The molecule has 6 aromatic rings. The fourth-order valence-corrected chi connectivity index (χ4v) is 12.6. The molecule has 464 valence electrons. The standard InChI is InChI=1S/C63H84N16O7S/c1-40(42-20-22-43(23-21-42)57-41(2)67-39-87-57)68-60(83)50-34-46(80)37-79(50)62(85)58(63(3,4)5)71-53(81)18-13-11-9-10-12-14-19-54(82)78-28-26-44(27-29-78)76-30-32-77(33-31-76)45-24-25-51(65-36-45)70-52-35-49(55(73-72-52)61(84)64-6)69-48-17-15-16-47(56(48)86-8)59-66-38-75(7)74-59/h15-17,20-25,35-36,38-40,44,46,50,58,80H,9-14,18-19,26-34,37H2,1-8H3,(H,64,84)(H,68,83)(H,71,81)(H2,65,69,70,72)/t40-,46+,50-,58+/m0/s1. The van der Waals surface area contributed by atoms with E-state index in [0.29, 0.717) is 59.0 Å². The number of nitrogens with one attached hydrogen (secondary N) is 5. The van der Waals surface area contributed by atoms with Crippen LogP contribution in [0.4, 0.5) is 28.7 Å². The van der Waals surface area contributed by atoms with Crippen LogP contribution in [0, 0.1) is 12.3 Å². The molecule has 9 rings (SSSR count).